The van der Waals surface area contributed by atoms with Crippen LogP contribution in [0.15, 0.2) is 0 Å². The highest BCUT2D eigenvalue weighted by Gasteiger charge is 2.31. The molecule has 0 amide bonds. The molecule has 1 N–H and O–H groups in total. The molecule has 1 heterocycles. The molecule has 1 atom stereocenters. The highest BCUT2D eigenvalue weighted by molar-refractivity contribution is 4.92. The highest BCUT2D eigenvalue weighted by Crippen LogP contribution is 2.28. The molecule has 1 nitrogen and oxygen atoms in total. The van der Waals surface area contributed by atoms with Crippen LogP contribution in [0.5, 0.6) is 0 Å². The molecule has 1 saturated heterocycles. The first-order valence-electron chi connectivity index (χ1n) is 5.27. The molecule has 1 fully saturated rings. The van der Waals surface area contributed by atoms with Gasteiger partial charge >= 0.3 is 0 Å². The topological polar surface area (TPSA) is 12.0 Å². The quantitative estimate of drug-likeness (QED) is 0.636. The molecule has 1 unspecified atom stereocenters. The Morgan fingerprint density at radius 1 is 1.08 bits per heavy atom. The van der Waals surface area contributed by atoms with E-state index in [0.29, 0.717) is 11.1 Å². The van der Waals surface area contributed by atoms with Gasteiger partial charge in [0.15, 0.2) is 0 Å². The van der Waals surface area contributed by atoms with Crippen LogP contribution >= 0.6 is 0 Å². The van der Waals surface area contributed by atoms with Gasteiger partial charge in [0.25, 0.3) is 0 Å². The van der Waals surface area contributed by atoms with E-state index >= 15 is 0 Å². The third-order valence-electron chi connectivity index (χ3n) is 3.20. The van der Waals surface area contributed by atoms with Gasteiger partial charge < -0.3 is 5.32 Å². The molecular formula is C11H23N. The van der Waals surface area contributed by atoms with Gasteiger partial charge in [0, 0.05) is 11.1 Å². The molecular weight excluding hydrogens is 146 g/mol. The number of hydrogen-bond acceptors (Lipinski definition) is 1. The summed E-state index contributed by atoms with van der Waals surface area (Å²) >= 11 is 0. The zero-order chi connectivity index (χ0) is 9.24. The first-order valence-corrected chi connectivity index (χ1v) is 5.27. The molecule has 0 saturated carbocycles. The Balaban J connectivity index is 2.66. The summed E-state index contributed by atoms with van der Waals surface area (Å²) in [6, 6.07) is 0. The molecule has 1 rings (SSSR count). The summed E-state index contributed by atoms with van der Waals surface area (Å²) in [5, 5.41) is 3.78. The van der Waals surface area contributed by atoms with Crippen LogP contribution in [-0.2, 0) is 0 Å². The maximum atomic E-state index is 3.78. The van der Waals surface area contributed by atoms with Crippen molar-refractivity contribution in [2.45, 2.75) is 70.9 Å². The molecule has 0 aliphatic carbocycles. The van der Waals surface area contributed by atoms with E-state index in [1.165, 1.54) is 32.1 Å². The normalized spacial score (nSPS) is 36.0. The molecule has 1 heteroatoms. The minimum Gasteiger partial charge on any atom is -0.307 e. The molecule has 0 aromatic heterocycles. The first-order chi connectivity index (χ1) is 5.47. The van der Waals surface area contributed by atoms with Gasteiger partial charge in [0.05, 0.1) is 0 Å². The van der Waals surface area contributed by atoms with E-state index in [-0.39, 0.29) is 0 Å². The Labute approximate surface area is 76.9 Å². The lowest BCUT2D eigenvalue weighted by atomic mass is 9.92. The Morgan fingerprint density at radius 2 is 1.67 bits per heavy atom. The van der Waals surface area contributed by atoms with Crippen molar-refractivity contribution in [3.63, 3.8) is 0 Å². The average Bonchev–Trinajstić information content (AvgIpc) is 2.09. The van der Waals surface area contributed by atoms with Crippen molar-refractivity contribution in [3.05, 3.63) is 0 Å². The summed E-state index contributed by atoms with van der Waals surface area (Å²) in [6.45, 7) is 9.30. The summed E-state index contributed by atoms with van der Waals surface area (Å²) in [4.78, 5) is 0. The lowest BCUT2D eigenvalue weighted by Gasteiger charge is -2.36. The molecule has 0 spiro atoms. The lowest BCUT2D eigenvalue weighted by molar-refractivity contribution is 0.244. The van der Waals surface area contributed by atoms with E-state index < -0.39 is 0 Å². The fourth-order valence-corrected chi connectivity index (χ4v) is 2.29. The lowest BCUT2D eigenvalue weighted by Crippen LogP contribution is -2.51. The Bertz CT molecular complexity index is 151. The first kappa shape index (κ1) is 10.0. The third kappa shape index (κ3) is 2.48. The van der Waals surface area contributed by atoms with E-state index in [2.05, 4.69) is 33.0 Å². The molecule has 0 aromatic carbocycles. The second kappa shape index (κ2) is 3.37. The Hall–Kier alpha value is -0.0400. The van der Waals surface area contributed by atoms with Gasteiger partial charge in [-0.15, -0.1) is 0 Å². The van der Waals surface area contributed by atoms with Gasteiger partial charge in [-0.3, -0.25) is 0 Å². The molecule has 1 aliphatic heterocycles. The zero-order valence-electron chi connectivity index (χ0n) is 9.04. The predicted molar refractivity (Wildman–Crippen MR) is 54.4 cm³/mol. The van der Waals surface area contributed by atoms with Crippen LogP contribution in [0.3, 0.4) is 0 Å². The molecule has 12 heavy (non-hydrogen) atoms. The average molecular weight is 169 g/mol. The van der Waals surface area contributed by atoms with E-state index in [0.717, 1.165) is 0 Å². The minimum atomic E-state index is 0.348. The molecule has 0 radical (unpaired) electrons. The van der Waals surface area contributed by atoms with Crippen LogP contribution in [0.1, 0.15) is 59.8 Å². The summed E-state index contributed by atoms with van der Waals surface area (Å²) in [6.07, 6.45) is 6.68. The van der Waals surface area contributed by atoms with Crippen LogP contribution in [0, 0.1) is 0 Å². The van der Waals surface area contributed by atoms with E-state index in [4.69, 9.17) is 0 Å². The zero-order valence-corrected chi connectivity index (χ0v) is 9.04. The van der Waals surface area contributed by atoms with Gasteiger partial charge in [0.1, 0.15) is 0 Å². The standard InChI is InChI=1S/C11H23N/c1-5-11(4)9-7-6-8-10(2,3)12-11/h12H,5-9H2,1-4H3. The summed E-state index contributed by atoms with van der Waals surface area (Å²) in [5.41, 5.74) is 0.737. The van der Waals surface area contributed by atoms with Gasteiger partial charge in [-0.2, -0.15) is 0 Å². The van der Waals surface area contributed by atoms with Gasteiger partial charge in [-0.05, 0) is 40.0 Å². The van der Waals surface area contributed by atoms with Gasteiger partial charge in [0.2, 0.25) is 0 Å². The fourth-order valence-electron chi connectivity index (χ4n) is 2.29. The summed E-state index contributed by atoms with van der Waals surface area (Å²) in [7, 11) is 0. The van der Waals surface area contributed by atoms with Crippen molar-refractivity contribution in [2.24, 2.45) is 0 Å². The monoisotopic (exact) mass is 169 g/mol. The third-order valence-corrected chi connectivity index (χ3v) is 3.20. The van der Waals surface area contributed by atoms with E-state index in [1.807, 2.05) is 0 Å². The van der Waals surface area contributed by atoms with Crippen LogP contribution in [0.25, 0.3) is 0 Å². The van der Waals surface area contributed by atoms with E-state index in [9.17, 15) is 0 Å². The molecule has 0 aromatic rings. The Morgan fingerprint density at radius 3 is 2.25 bits per heavy atom. The van der Waals surface area contributed by atoms with Crippen molar-refractivity contribution in [3.8, 4) is 0 Å². The predicted octanol–water partition coefficient (Wildman–Crippen LogP) is 3.10. The van der Waals surface area contributed by atoms with Crippen molar-refractivity contribution in [1.29, 1.82) is 0 Å². The van der Waals surface area contributed by atoms with Crippen LogP contribution in [-0.4, -0.2) is 11.1 Å². The van der Waals surface area contributed by atoms with Crippen LogP contribution in [0.2, 0.25) is 0 Å². The molecule has 1 aliphatic rings. The maximum absolute atomic E-state index is 3.78. The molecule has 72 valence electrons. The smallest absolute Gasteiger partial charge is 0.0155 e. The van der Waals surface area contributed by atoms with Crippen molar-refractivity contribution in [2.75, 3.05) is 0 Å². The highest BCUT2D eigenvalue weighted by atomic mass is 15.0. The largest absolute Gasteiger partial charge is 0.307 e. The van der Waals surface area contributed by atoms with Crippen molar-refractivity contribution < 1.29 is 0 Å². The Kier molecular flexibility index (Phi) is 2.82. The van der Waals surface area contributed by atoms with E-state index in [1.54, 1.807) is 0 Å². The van der Waals surface area contributed by atoms with Gasteiger partial charge in [-0.25, -0.2) is 0 Å². The second-order valence-corrected chi connectivity index (χ2v) is 5.13. The summed E-state index contributed by atoms with van der Waals surface area (Å²) in [5.74, 6) is 0. The maximum Gasteiger partial charge on any atom is 0.0155 e. The second-order valence-electron chi connectivity index (χ2n) is 5.13. The van der Waals surface area contributed by atoms with Crippen molar-refractivity contribution in [1.82, 2.24) is 5.32 Å². The minimum absolute atomic E-state index is 0.348. The summed E-state index contributed by atoms with van der Waals surface area (Å²) < 4.78 is 0. The number of rotatable bonds is 1. The molecule has 0 bridgehead atoms. The van der Waals surface area contributed by atoms with Crippen LogP contribution < -0.4 is 5.32 Å². The van der Waals surface area contributed by atoms with Crippen molar-refractivity contribution >= 4 is 0 Å². The SMILES string of the molecule is CCC1(C)CCCCC(C)(C)N1. The van der Waals surface area contributed by atoms with Gasteiger partial charge in [-0.1, -0.05) is 19.8 Å². The fraction of sp³-hybridized carbons (Fsp3) is 1.00. The van der Waals surface area contributed by atoms with Crippen LogP contribution in [0.4, 0.5) is 0 Å². The number of nitrogens with one attached hydrogen (secondary N) is 1. The number of hydrogen-bond donors (Lipinski definition) is 1.